The van der Waals surface area contributed by atoms with Gasteiger partial charge in [-0.05, 0) is 55.5 Å². The molecule has 28 heavy (non-hydrogen) atoms. The number of anilines is 1. The summed E-state index contributed by atoms with van der Waals surface area (Å²) in [6, 6.07) is 11.5. The van der Waals surface area contributed by atoms with E-state index < -0.39 is 28.3 Å². The van der Waals surface area contributed by atoms with Crippen molar-refractivity contribution in [3.63, 3.8) is 0 Å². The molecule has 1 N–H and O–H groups in total. The Labute approximate surface area is 164 Å². The third-order valence-electron chi connectivity index (χ3n) is 3.77. The van der Waals surface area contributed by atoms with Gasteiger partial charge in [-0.2, -0.15) is 0 Å². The molecule has 9 heteroatoms. The van der Waals surface area contributed by atoms with Gasteiger partial charge in [-0.3, -0.25) is 9.10 Å². The molecule has 0 unspecified atom stereocenters. The lowest BCUT2D eigenvalue weighted by Gasteiger charge is -2.23. The van der Waals surface area contributed by atoms with Crippen LogP contribution in [0.4, 0.5) is 10.1 Å². The van der Waals surface area contributed by atoms with Crippen molar-refractivity contribution in [2.45, 2.75) is 13.0 Å². The van der Waals surface area contributed by atoms with E-state index in [1.807, 2.05) is 0 Å². The van der Waals surface area contributed by atoms with E-state index in [9.17, 15) is 17.6 Å². The van der Waals surface area contributed by atoms with E-state index in [1.54, 1.807) is 38.3 Å². The summed E-state index contributed by atoms with van der Waals surface area (Å²) >= 11 is 0. The number of ether oxygens (including phenoxy) is 2. The van der Waals surface area contributed by atoms with Gasteiger partial charge < -0.3 is 14.8 Å². The number of methoxy groups -OCH3 is 1. The predicted octanol–water partition coefficient (Wildman–Crippen LogP) is 2.18. The van der Waals surface area contributed by atoms with Crippen molar-refractivity contribution in [3.8, 4) is 11.5 Å². The number of rotatable bonds is 9. The van der Waals surface area contributed by atoms with Crippen molar-refractivity contribution in [1.82, 2.24) is 5.32 Å². The van der Waals surface area contributed by atoms with Gasteiger partial charge >= 0.3 is 0 Å². The van der Waals surface area contributed by atoms with Crippen LogP contribution in [0.1, 0.15) is 6.92 Å². The fourth-order valence-electron chi connectivity index (χ4n) is 2.39. The van der Waals surface area contributed by atoms with Gasteiger partial charge in [0, 0.05) is 0 Å². The van der Waals surface area contributed by atoms with E-state index in [-0.39, 0.29) is 18.3 Å². The zero-order valence-corrected chi connectivity index (χ0v) is 16.7. The Hall–Kier alpha value is -2.81. The lowest BCUT2D eigenvalue weighted by Crippen LogP contribution is -2.44. The van der Waals surface area contributed by atoms with E-state index in [1.165, 1.54) is 12.1 Å². The van der Waals surface area contributed by atoms with Crippen LogP contribution < -0.4 is 19.1 Å². The van der Waals surface area contributed by atoms with Crippen molar-refractivity contribution in [2.75, 3.05) is 30.8 Å². The van der Waals surface area contributed by atoms with Crippen LogP contribution in [-0.2, 0) is 14.8 Å². The normalized spacial score (nSPS) is 12.1. The minimum absolute atomic E-state index is 0.202. The first-order valence-electron chi connectivity index (χ1n) is 8.48. The second kappa shape index (κ2) is 9.41. The Kier molecular flexibility index (Phi) is 7.22. The summed E-state index contributed by atoms with van der Waals surface area (Å²) in [4.78, 5) is 12.3. The lowest BCUT2D eigenvalue weighted by molar-refractivity contribution is -0.120. The van der Waals surface area contributed by atoms with Gasteiger partial charge in [-0.15, -0.1) is 0 Å². The Balaban J connectivity index is 1.93. The number of carbonyl (C=O) groups excluding carboxylic acids is 1. The number of benzene rings is 2. The molecule has 7 nitrogen and oxygen atoms in total. The summed E-state index contributed by atoms with van der Waals surface area (Å²) in [6.45, 7) is 1.52. The Morgan fingerprint density at radius 3 is 2.21 bits per heavy atom. The van der Waals surface area contributed by atoms with Crippen LogP contribution in [0.3, 0.4) is 0 Å². The second-order valence-electron chi connectivity index (χ2n) is 6.20. The highest BCUT2D eigenvalue weighted by Gasteiger charge is 2.21. The van der Waals surface area contributed by atoms with Crippen LogP contribution in [0.15, 0.2) is 48.5 Å². The minimum Gasteiger partial charge on any atom is -0.497 e. The van der Waals surface area contributed by atoms with E-state index in [0.717, 1.165) is 22.7 Å². The van der Waals surface area contributed by atoms with Crippen LogP contribution in [0, 0.1) is 5.82 Å². The molecule has 0 aromatic heterocycles. The summed E-state index contributed by atoms with van der Waals surface area (Å²) in [5, 5.41) is 2.69. The molecule has 0 aliphatic heterocycles. The van der Waals surface area contributed by atoms with Crippen molar-refractivity contribution in [3.05, 3.63) is 54.3 Å². The third-order valence-corrected chi connectivity index (χ3v) is 4.91. The molecular formula is C19H23FN2O5S. The number of amides is 1. The molecule has 0 heterocycles. The molecule has 0 saturated heterocycles. The van der Waals surface area contributed by atoms with Gasteiger partial charge in [0.1, 0.15) is 30.5 Å². The Morgan fingerprint density at radius 2 is 1.68 bits per heavy atom. The van der Waals surface area contributed by atoms with Crippen molar-refractivity contribution in [2.24, 2.45) is 0 Å². The number of sulfonamides is 1. The van der Waals surface area contributed by atoms with Gasteiger partial charge in [0.2, 0.25) is 15.9 Å². The number of hydrogen-bond donors (Lipinski definition) is 1. The molecule has 1 amide bonds. The fraction of sp³-hybridized carbons (Fsp3) is 0.316. The average molecular weight is 410 g/mol. The van der Waals surface area contributed by atoms with Crippen molar-refractivity contribution >= 4 is 21.6 Å². The Morgan fingerprint density at radius 1 is 1.11 bits per heavy atom. The van der Waals surface area contributed by atoms with Crippen LogP contribution in [0.2, 0.25) is 0 Å². The van der Waals surface area contributed by atoms with Crippen LogP contribution in [0.5, 0.6) is 11.5 Å². The highest BCUT2D eigenvalue weighted by molar-refractivity contribution is 7.92. The first-order valence-corrected chi connectivity index (χ1v) is 10.3. The second-order valence-corrected chi connectivity index (χ2v) is 8.11. The third kappa shape index (κ3) is 6.41. The summed E-state index contributed by atoms with van der Waals surface area (Å²) in [5.41, 5.74) is 0.209. The standard InChI is InChI=1S/C19H23FN2O5S/c1-14(13-27-18-10-8-17(26-2)9-11-18)21-19(23)12-22(28(3,24)25)16-6-4-15(20)5-7-16/h4-11,14H,12-13H2,1-3H3,(H,21,23)/t14-/m0/s1. The summed E-state index contributed by atoms with van der Waals surface area (Å²) in [7, 11) is -2.15. The van der Waals surface area contributed by atoms with E-state index in [2.05, 4.69) is 5.32 Å². The molecule has 1 atom stereocenters. The van der Waals surface area contributed by atoms with Crippen LogP contribution >= 0.6 is 0 Å². The van der Waals surface area contributed by atoms with Gasteiger partial charge in [-0.25, -0.2) is 12.8 Å². The number of nitrogens with zero attached hydrogens (tertiary/aromatic N) is 1. The zero-order chi connectivity index (χ0) is 20.7. The lowest BCUT2D eigenvalue weighted by atomic mass is 10.3. The number of hydrogen-bond acceptors (Lipinski definition) is 5. The number of halogens is 1. The quantitative estimate of drug-likeness (QED) is 0.685. The van der Waals surface area contributed by atoms with Gasteiger partial charge in [0.05, 0.1) is 25.1 Å². The summed E-state index contributed by atoms with van der Waals surface area (Å²) in [5.74, 6) is 0.327. The first kappa shape index (κ1) is 21.5. The highest BCUT2D eigenvalue weighted by atomic mass is 32.2. The molecule has 0 bridgehead atoms. The molecule has 0 saturated carbocycles. The molecule has 0 aliphatic rings. The average Bonchev–Trinajstić information content (AvgIpc) is 2.65. The Bertz CT molecular complexity index is 886. The van der Waals surface area contributed by atoms with E-state index in [4.69, 9.17) is 9.47 Å². The molecule has 2 aromatic rings. The molecule has 152 valence electrons. The first-order chi connectivity index (χ1) is 13.2. The van der Waals surface area contributed by atoms with E-state index in [0.29, 0.717) is 11.5 Å². The molecule has 0 fully saturated rings. The monoisotopic (exact) mass is 410 g/mol. The fourth-order valence-corrected chi connectivity index (χ4v) is 3.25. The zero-order valence-electron chi connectivity index (χ0n) is 15.9. The molecule has 0 spiro atoms. The molecular weight excluding hydrogens is 387 g/mol. The van der Waals surface area contributed by atoms with Gasteiger partial charge in [0.15, 0.2) is 0 Å². The van der Waals surface area contributed by atoms with Crippen molar-refractivity contribution < 1.29 is 27.1 Å². The van der Waals surface area contributed by atoms with Crippen LogP contribution in [0.25, 0.3) is 0 Å². The smallest absolute Gasteiger partial charge is 0.241 e. The molecule has 2 aromatic carbocycles. The topological polar surface area (TPSA) is 84.9 Å². The molecule has 2 rings (SSSR count). The van der Waals surface area contributed by atoms with Gasteiger partial charge in [0.25, 0.3) is 0 Å². The molecule has 0 aliphatic carbocycles. The maximum Gasteiger partial charge on any atom is 0.241 e. The van der Waals surface area contributed by atoms with Crippen LogP contribution in [-0.4, -0.2) is 46.9 Å². The van der Waals surface area contributed by atoms with Gasteiger partial charge in [-0.1, -0.05) is 0 Å². The maximum absolute atomic E-state index is 13.1. The number of carbonyl (C=O) groups is 1. The predicted molar refractivity (Wildman–Crippen MR) is 105 cm³/mol. The maximum atomic E-state index is 13.1. The summed E-state index contributed by atoms with van der Waals surface area (Å²) < 4.78 is 48.7. The van der Waals surface area contributed by atoms with Crippen molar-refractivity contribution in [1.29, 1.82) is 0 Å². The van der Waals surface area contributed by atoms with E-state index >= 15 is 0 Å². The number of nitrogens with one attached hydrogen (secondary N) is 1. The highest BCUT2D eigenvalue weighted by Crippen LogP contribution is 2.18. The summed E-state index contributed by atoms with van der Waals surface area (Å²) in [6.07, 6.45) is 0.986. The minimum atomic E-state index is -3.72. The SMILES string of the molecule is COc1ccc(OC[C@H](C)NC(=O)CN(c2ccc(F)cc2)S(C)(=O)=O)cc1. The largest absolute Gasteiger partial charge is 0.497 e. The molecule has 0 radical (unpaired) electrons.